The minimum atomic E-state index is -1.03. The first kappa shape index (κ1) is 14.0. The number of aromatic amines is 1. The lowest BCUT2D eigenvalue weighted by atomic mass is 10.3. The van der Waals surface area contributed by atoms with Crippen molar-refractivity contribution >= 4 is 27.5 Å². The Morgan fingerprint density at radius 3 is 2.53 bits per heavy atom. The smallest absolute Gasteiger partial charge is 0.297 e. The van der Waals surface area contributed by atoms with Crippen LogP contribution in [0.4, 0.5) is 8.78 Å². The third-order valence-corrected chi connectivity index (χ3v) is 3.49. The molecule has 19 heavy (non-hydrogen) atoms. The van der Waals surface area contributed by atoms with Gasteiger partial charge in [-0.25, -0.2) is 18.1 Å². The second-order valence-electron chi connectivity index (χ2n) is 3.73. The lowest BCUT2D eigenvalue weighted by Crippen LogP contribution is -2.35. The second kappa shape index (κ2) is 4.90. The first-order valence-electron chi connectivity index (χ1n) is 4.99. The fraction of sp³-hybridized carbons (Fsp3) is 0.0909. The van der Waals surface area contributed by atoms with Crippen LogP contribution < -0.4 is 11.2 Å². The number of hydrogen-bond acceptors (Lipinski definition) is 2. The second-order valence-corrected chi connectivity index (χ2v) is 4.96. The fourth-order valence-electron chi connectivity index (χ4n) is 1.50. The Morgan fingerprint density at radius 1 is 1.26 bits per heavy atom. The van der Waals surface area contributed by atoms with E-state index in [0.29, 0.717) is 10.6 Å². The molecule has 0 aliphatic rings. The van der Waals surface area contributed by atoms with Crippen molar-refractivity contribution < 1.29 is 8.78 Å². The summed E-state index contributed by atoms with van der Waals surface area (Å²) in [6.07, 6.45) is 0. The van der Waals surface area contributed by atoms with Crippen molar-refractivity contribution in [1.29, 1.82) is 0 Å². The largest absolute Gasteiger partial charge is 0.334 e. The van der Waals surface area contributed by atoms with Gasteiger partial charge in [-0.1, -0.05) is 11.6 Å². The van der Waals surface area contributed by atoms with Crippen LogP contribution in [0.5, 0.6) is 0 Å². The number of nitrogens with zero attached hydrogens (tertiary/aromatic N) is 1. The highest BCUT2D eigenvalue weighted by Crippen LogP contribution is 2.21. The maximum atomic E-state index is 13.7. The molecule has 4 nitrogen and oxygen atoms in total. The third kappa shape index (κ3) is 2.35. The maximum absolute atomic E-state index is 13.7. The molecular formula is C11H6BrClF2N2O2. The summed E-state index contributed by atoms with van der Waals surface area (Å²) < 4.78 is 27.3. The normalized spacial score (nSPS) is 10.8. The van der Waals surface area contributed by atoms with Crippen LogP contribution in [0.2, 0.25) is 5.15 Å². The van der Waals surface area contributed by atoms with Gasteiger partial charge >= 0.3 is 5.69 Å². The molecule has 2 rings (SSSR count). The Morgan fingerprint density at radius 2 is 1.89 bits per heavy atom. The number of nitrogens with one attached hydrogen (secondary N) is 1. The van der Waals surface area contributed by atoms with Crippen molar-refractivity contribution in [3.05, 3.63) is 59.8 Å². The van der Waals surface area contributed by atoms with Gasteiger partial charge < -0.3 is 0 Å². The van der Waals surface area contributed by atoms with Gasteiger partial charge in [-0.15, -0.1) is 0 Å². The van der Waals surface area contributed by atoms with Crippen LogP contribution in [-0.4, -0.2) is 9.55 Å². The van der Waals surface area contributed by atoms with E-state index < -0.39 is 22.9 Å². The zero-order valence-corrected chi connectivity index (χ0v) is 11.8. The Hall–Kier alpha value is -1.47. The molecule has 100 valence electrons. The van der Waals surface area contributed by atoms with Gasteiger partial charge in [0.1, 0.15) is 16.8 Å². The standard InChI is InChI=1S/C11H6BrClF2N2O2/c1-4-9(13)16-11(19)17(10(4)18)8-2-5(12)6(14)3-7(8)15/h2-3H,1H3,(H,16,19). The van der Waals surface area contributed by atoms with Gasteiger partial charge in [-0.2, -0.15) is 0 Å². The van der Waals surface area contributed by atoms with Crippen LogP contribution in [-0.2, 0) is 0 Å². The number of benzene rings is 1. The summed E-state index contributed by atoms with van der Waals surface area (Å²) in [6.45, 7) is 1.38. The zero-order chi connectivity index (χ0) is 14.3. The Balaban J connectivity index is 2.88. The predicted octanol–water partition coefficient (Wildman–Crippen LogP) is 2.53. The predicted molar refractivity (Wildman–Crippen MR) is 70.0 cm³/mol. The van der Waals surface area contributed by atoms with Crippen molar-refractivity contribution in [3.8, 4) is 5.69 Å². The Kier molecular flexibility index (Phi) is 3.60. The number of rotatable bonds is 1. The van der Waals surface area contributed by atoms with Crippen LogP contribution >= 0.6 is 27.5 Å². The summed E-state index contributed by atoms with van der Waals surface area (Å²) in [4.78, 5) is 25.9. The fourth-order valence-corrected chi connectivity index (χ4v) is 1.99. The highest BCUT2D eigenvalue weighted by molar-refractivity contribution is 9.10. The molecule has 0 aliphatic carbocycles. The van der Waals surface area contributed by atoms with E-state index >= 15 is 0 Å². The van der Waals surface area contributed by atoms with Gasteiger partial charge in [0.2, 0.25) is 0 Å². The summed E-state index contributed by atoms with van der Waals surface area (Å²) in [5.74, 6) is -1.87. The molecule has 0 saturated heterocycles. The molecule has 0 aliphatic heterocycles. The molecule has 0 radical (unpaired) electrons. The monoisotopic (exact) mass is 350 g/mol. The van der Waals surface area contributed by atoms with Gasteiger partial charge in [-0.05, 0) is 28.9 Å². The van der Waals surface area contributed by atoms with E-state index in [1.165, 1.54) is 6.92 Å². The first-order chi connectivity index (χ1) is 8.82. The van der Waals surface area contributed by atoms with Crippen molar-refractivity contribution in [3.63, 3.8) is 0 Å². The molecule has 0 fully saturated rings. The van der Waals surface area contributed by atoms with Gasteiger partial charge in [-0.3, -0.25) is 9.78 Å². The maximum Gasteiger partial charge on any atom is 0.334 e. The molecule has 2 aromatic rings. The molecule has 8 heteroatoms. The van der Waals surface area contributed by atoms with Crippen LogP contribution in [0, 0.1) is 18.6 Å². The van der Waals surface area contributed by atoms with Crippen LogP contribution in [0.3, 0.4) is 0 Å². The lowest BCUT2D eigenvalue weighted by molar-refractivity contribution is 0.570. The quantitative estimate of drug-likeness (QED) is 0.634. The van der Waals surface area contributed by atoms with Gasteiger partial charge in [0.05, 0.1) is 15.7 Å². The average molecular weight is 352 g/mol. The van der Waals surface area contributed by atoms with Crippen molar-refractivity contribution in [2.45, 2.75) is 6.92 Å². The number of hydrogen-bond donors (Lipinski definition) is 1. The minimum Gasteiger partial charge on any atom is -0.297 e. The third-order valence-electron chi connectivity index (χ3n) is 2.50. The Labute approximate surface area is 118 Å². The molecule has 1 N–H and O–H groups in total. The molecule has 1 heterocycles. The van der Waals surface area contributed by atoms with Crippen LogP contribution in [0.15, 0.2) is 26.2 Å². The van der Waals surface area contributed by atoms with Gasteiger partial charge in [0, 0.05) is 6.07 Å². The highest BCUT2D eigenvalue weighted by atomic mass is 79.9. The first-order valence-corrected chi connectivity index (χ1v) is 6.16. The van der Waals surface area contributed by atoms with E-state index in [-0.39, 0.29) is 20.9 Å². The van der Waals surface area contributed by atoms with E-state index in [4.69, 9.17) is 11.6 Å². The highest BCUT2D eigenvalue weighted by Gasteiger charge is 2.16. The van der Waals surface area contributed by atoms with E-state index in [9.17, 15) is 18.4 Å². The zero-order valence-electron chi connectivity index (χ0n) is 9.43. The Bertz CT molecular complexity index is 785. The lowest BCUT2D eigenvalue weighted by Gasteiger charge is -2.08. The summed E-state index contributed by atoms with van der Waals surface area (Å²) >= 11 is 8.51. The van der Waals surface area contributed by atoms with E-state index in [0.717, 1.165) is 6.07 Å². The summed E-state index contributed by atoms with van der Waals surface area (Å²) in [5, 5.41) is -0.118. The molecule has 0 atom stereocenters. The SMILES string of the molecule is Cc1c(Cl)[nH]c(=O)n(-c2cc(Br)c(F)cc2F)c1=O. The van der Waals surface area contributed by atoms with E-state index in [1.807, 2.05) is 0 Å². The summed E-state index contributed by atoms with van der Waals surface area (Å²) in [7, 11) is 0. The van der Waals surface area contributed by atoms with Crippen molar-refractivity contribution in [1.82, 2.24) is 9.55 Å². The van der Waals surface area contributed by atoms with Crippen molar-refractivity contribution in [2.24, 2.45) is 0 Å². The van der Waals surface area contributed by atoms with E-state index in [1.54, 1.807) is 0 Å². The average Bonchev–Trinajstić information content (AvgIpc) is 2.33. The molecule has 0 bridgehead atoms. The molecule has 1 aromatic carbocycles. The number of aromatic nitrogens is 2. The topological polar surface area (TPSA) is 54.9 Å². The minimum absolute atomic E-state index is 0.0566. The molecule has 1 aromatic heterocycles. The molecular weight excluding hydrogens is 345 g/mol. The summed E-state index contributed by atoms with van der Waals surface area (Å²) in [5.41, 5.74) is -1.98. The molecule has 0 amide bonds. The molecule has 0 saturated carbocycles. The van der Waals surface area contributed by atoms with E-state index in [2.05, 4.69) is 20.9 Å². The van der Waals surface area contributed by atoms with Crippen LogP contribution in [0.25, 0.3) is 5.69 Å². The summed E-state index contributed by atoms with van der Waals surface area (Å²) in [6, 6.07) is 1.59. The van der Waals surface area contributed by atoms with Crippen LogP contribution in [0.1, 0.15) is 5.56 Å². The van der Waals surface area contributed by atoms with Gasteiger partial charge in [0.15, 0.2) is 0 Å². The molecule has 0 unspecified atom stereocenters. The number of halogens is 4. The molecule has 0 spiro atoms. The van der Waals surface area contributed by atoms with Crippen molar-refractivity contribution in [2.75, 3.05) is 0 Å². The number of H-pyrrole nitrogens is 1. The van der Waals surface area contributed by atoms with Gasteiger partial charge in [0.25, 0.3) is 5.56 Å².